The SMILES string of the molecule is CC[C@@H](C(=O)NCC(C)C)N(Cc1ccc(F)cc1)C(=O)COc1ccccc1Cl. The summed E-state index contributed by atoms with van der Waals surface area (Å²) >= 11 is 6.09. The van der Waals surface area contributed by atoms with Gasteiger partial charge in [0.15, 0.2) is 6.61 Å². The zero-order chi connectivity index (χ0) is 22.1. The number of benzene rings is 2. The molecule has 0 fully saturated rings. The molecule has 2 rings (SSSR count). The fraction of sp³-hybridized carbons (Fsp3) is 0.391. The van der Waals surface area contributed by atoms with Gasteiger partial charge in [-0.1, -0.05) is 56.6 Å². The predicted molar refractivity (Wildman–Crippen MR) is 116 cm³/mol. The summed E-state index contributed by atoms with van der Waals surface area (Å²) in [5.74, 6) is -0.256. The summed E-state index contributed by atoms with van der Waals surface area (Å²) in [5.41, 5.74) is 0.720. The molecule has 2 amide bonds. The summed E-state index contributed by atoms with van der Waals surface area (Å²) in [6, 6.07) is 12.1. The Hall–Kier alpha value is -2.60. The van der Waals surface area contributed by atoms with Crippen LogP contribution in [0.5, 0.6) is 5.75 Å². The van der Waals surface area contributed by atoms with E-state index in [0.717, 1.165) is 5.56 Å². The lowest BCUT2D eigenvalue weighted by Gasteiger charge is -2.30. The van der Waals surface area contributed by atoms with E-state index in [4.69, 9.17) is 16.3 Å². The molecule has 1 atom stereocenters. The van der Waals surface area contributed by atoms with Crippen LogP contribution in [0.3, 0.4) is 0 Å². The number of halogens is 2. The van der Waals surface area contributed by atoms with E-state index in [-0.39, 0.29) is 36.7 Å². The van der Waals surface area contributed by atoms with Crippen molar-refractivity contribution in [1.82, 2.24) is 10.2 Å². The molecule has 0 aromatic heterocycles. The molecule has 0 saturated carbocycles. The highest BCUT2D eigenvalue weighted by atomic mass is 35.5. The second-order valence-electron chi connectivity index (χ2n) is 7.43. The van der Waals surface area contributed by atoms with Crippen LogP contribution >= 0.6 is 11.6 Å². The van der Waals surface area contributed by atoms with E-state index in [1.165, 1.54) is 17.0 Å². The predicted octanol–water partition coefficient (Wildman–Crippen LogP) is 4.44. The second kappa shape index (κ2) is 11.6. The summed E-state index contributed by atoms with van der Waals surface area (Å²) in [5, 5.41) is 3.29. The quantitative estimate of drug-likeness (QED) is 0.601. The zero-order valence-electron chi connectivity index (χ0n) is 17.5. The highest BCUT2D eigenvalue weighted by Gasteiger charge is 2.29. The molecule has 7 heteroatoms. The molecule has 30 heavy (non-hydrogen) atoms. The molecule has 0 aliphatic carbocycles. The van der Waals surface area contributed by atoms with E-state index in [1.807, 2.05) is 20.8 Å². The van der Waals surface area contributed by atoms with Gasteiger partial charge in [-0.25, -0.2) is 4.39 Å². The van der Waals surface area contributed by atoms with Crippen molar-refractivity contribution in [3.05, 3.63) is 64.9 Å². The van der Waals surface area contributed by atoms with Crippen LogP contribution in [-0.2, 0) is 16.1 Å². The lowest BCUT2D eigenvalue weighted by molar-refractivity contribution is -0.143. The minimum atomic E-state index is -0.670. The summed E-state index contributed by atoms with van der Waals surface area (Å²) in [6.07, 6.45) is 0.433. The Morgan fingerprint density at radius 2 is 1.80 bits per heavy atom. The molecular formula is C23H28ClFN2O3. The van der Waals surface area contributed by atoms with Crippen molar-refractivity contribution < 1.29 is 18.7 Å². The van der Waals surface area contributed by atoms with Crippen molar-refractivity contribution in [3.63, 3.8) is 0 Å². The van der Waals surface area contributed by atoms with Crippen molar-refractivity contribution in [2.45, 2.75) is 39.8 Å². The number of carbonyl (C=O) groups excluding carboxylic acids is 2. The van der Waals surface area contributed by atoms with Crippen LogP contribution < -0.4 is 10.1 Å². The number of hydrogen-bond acceptors (Lipinski definition) is 3. The minimum absolute atomic E-state index is 0.165. The molecule has 2 aromatic rings. The Labute approximate surface area is 182 Å². The largest absolute Gasteiger partial charge is 0.482 e. The summed E-state index contributed by atoms with van der Waals surface area (Å²) in [6.45, 7) is 6.27. The first kappa shape index (κ1) is 23.7. The molecule has 0 aliphatic heterocycles. The molecule has 0 saturated heterocycles. The highest BCUT2D eigenvalue weighted by molar-refractivity contribution is 6.32. The summed E-state index contributed by atoms with van der Waals surface area (Å²) < 4.78 is 18.9. The van der Waals surface area contributed by atoms with Crippen LogP contribution in [0, 0.1) is 11.7 Å². The van der Waals surface area contributed by atoms with Crippen LogP contribution in [0.15, 0.2) is 48.5 Å². The Kier molecular flexibility index (Phi) is 9.12. The number of ether oxygens (including phenoxy) is 1. The van der Waals surface area contributed by atoms with E-state index < -0.39 is 6.04 Å². The average molecular weight is 435 g/mol. The molecule has 0 unspecified atom stereocenters. The maximum atomic E-state index is 13.3. The third-order valence-corrected chi connectivity index (χ3v) is 4.84. The average Bonchev–Trinajstić information content (AvgIpc) is 2.72. The van der Waals surface area contributed by atoms with E-state index in [0.29, 0.717) is 23.7 Å². The fourth-order valence-corrected chi connectivity index (χ4v) is 3.10. The Balaban J connectivity index is 2.19. The monoisotopic (exact) mass is 434 g/mol. The van der Waals surface area contributed by atoms with Gasteiger partial charge in [0.25, 0.3) is 5.91 Å². The third-order valence-electron chi connectivity index (χ3n) is 4.52. The highest BCUT2D eigenvalue weighted by Crippen LogP contribution is 2.23. The topological polar surface area (TPSA) is 58.6 Å². The molecule has 1 N–H and O–H groups in total. The number of hydrogen-bond donors (Lipinski definition) is 1. The van der Waals surface area contributed by atoms with Gasteiger partial charge in [0.2, 0.25) is 5.91 Å². The lowest BCUT2D eigenvalue weighted by atomic mass is 10.1. The summed E-state index contributed by atoms with van der Waals surface area (Å²) in [7, 11) is 0. The molecule has 2 aromatic carbocycles. The zero-order valence-corrected chi connectivity index (χ0v) is 18.3. The molecule has 0 spiro atoms. The molecule has 162 valence electrons. The number of nitrogens with one attached hydrogen (secondary N) is 1. The van der Waals surface area contributed by atoms with Crippen molar-refractivity contribution in [1.29, 1.82) is 0 Å². The first-order valence-corrected chi connectivity index (χ1v) is 10.4. The number of nitrogens with zero attached hydrogens (tertiary/aromatic N) is 1. The number of amides is 2. The van der Waals surface area contributed by atoms with Crippen LogP contribution in [0.1, 0.15) is 32.8 Å². The Morgan fingerprint density at radius 1 is 1.13 bits per heavy atom. The van der Waals surface area contributed by atoms with Crippen LogP contribution in [-0.4, -0.2) is 35.9 Å². The van der Waals surface area contributed by atoms with Crippen molar-refractivity contribution in [3.8, 4) is 5.75 Å². The van der Waals surface area contributed by atoms with Gasteiger partial charge in [-0.3, -0.25) is 9.59 Å². The van der Waals surface area contributed by atoms with E-state index in [2.05, 4.69) is 5.32 Å². The molecule has 5 nitrogen and oxygen atoms in total. The molecular weight excluding hydrogens is 407 g/mol. The smallest absolute Gasteiger partial charge is 0.261 e. The lowest BCUT2D eigenvalue weighted by Crippen LogP contribution is -2.50. The second-order valence-corrected chi connectivity index (χ2v) is 7.84. The number of rotatable bonds is 10. The normalized spacial score (nSPS) is 11.8. The number of carbonyl (C=O) groups is 2. The molecule has 0 aliphatic rings. The first-order valence-electron chi connectivity index (χ1n) is 10.0. The van der Waals surface area contributed by atoms with E-state index >= 15 is 0 Å². The molecule has 0 bridgehead atoms. The van der Waals surface area contributed by atoms with Crippen molar-refractivity contribution in [2.24, 2.45) is 5.92 Å². The van der Waals surface area contributed by atoms with Crippen LogP contribution in [0.4, 0.5) is 4.39 Å². The van der Waals surface area contributed by atoms with Gasteiger partial charge in [0.1, 0.15) is 17.6 Å². The van der Waals surface area contributed by atoms with Crippen LogP contribution in [0.25, 0.3) is 0 Å². The van der Waals surface area contributed by atoms with E-state index in [1.54, 1.807) is 36.4 Å². The first-order chi connectivity index (χ1) is 14.3. The minimum Gasteiger partial charge on any atom is -0.482 e. The molecule has 0 radical (unpaired) electrons. The maximum Gasteiger partial charge on any atom is 0.261 e. The Bertz CT molecular complexity index is 843. The van der Waals surface area contributed by atoms with Gasteiger partial charge >= 0.3 is 0 Å². The van der Waals surface area contributed by atoms with Crippen molar-refractivity contribution >= 4 is 23.4 Å². The third kappa shape index (κ3) is 7.02. The fourth-order valence-electron chi connectivity index (χ4n) is 2.91. The number of para-hydroxylation sites is 1. The van der Waals surface area contributed by atoms with Crippen LogP contribution in [0.2, 0.25) is 5.02 Å². The van der Waals surface area contributed by atoms with Crippen molar-refractivity contribution in [2.75, 3.05) is 13.2 Å². The van der Waals surface area contributed by atoms with Gasteiger partial charge in [-0.15, -0.1) is 0 Å². The van der Waals surface area contributed by atoms with Gasteiger partial charge in [-0.2, -0.15) is 0 Å². The van der Waals surface area contributed by atoms with Gasteiger partial charge in [0, 0.05) is 13.1 Å². The Morgan fingerprint density at radius 3 is 2.40 bits per heavy atom. The van der Waals surface area contributed by atoms with Gasteiger partial charge in [-0.05, 0) is 42.2 Å². The van der Waals surface area contributed by atoms with Gasteiger partial charge < -0.3 is 15.0 Å². The van der Waals surface area contributed by atoms with Gasteiger partial charge in [0.05, 0.1) is 5.02 Å². The molecule has 0 heterocycles. The van der Waals surface area contributed by atoms with E-state index in [9.17, 15) is 14.0 Å². The summed E-state index contributed by atoms with van der Waals surface area (Å²) in [4.78, 5) is 27.3. The standard InChI is InChI=1S/C23H28ClFN2O3/c1-4-20(23(29)26-13-16(2)3)27(14-17-9-11-18(25)12-10-17)22(28)15-30-21-8-6-5-7-19(21)24/h5-12,16,20H,4,13-15H2,1-3H3,(H,26,29)/t20-/m0/s1. The maximum absolute atomic E-state index is 13.3.